The van der Waals surface area contributed by atoms with Crippen LogP contribution in [0.4, 0.5) is 10.1 Å². The third-order valence-corrected chi connectivity index (χ3v) is 6.15. The normalized spacial score (nSPS) is 16.2. The molecular weight excluding hydrogens is 377 g/mol. The second-order valence-electron chi connectivity index (χ2n) is 6.15. The Hall–Kier alpha value is -2.56. The number of halogens is 1. The van der Waals surface area contributed by atoms with E-state index in [1.165, 1.54) is 34.6 Å². The van der Waals surface area contributed by atoms with Crippen LogP contribution in [0.2, 0.25) is 0 Å². The van der Waals surface area contributed by atoms with Crippen LogP contribution in [0.25, 0.3) is 0 Å². The molecular formula is C17H18FN3O5S. The predicted octanol–water partition coefficient (Wildman–Crippen LogP) is 2.46. The fourth-order valence-corrected chi connectivity index (χ4v) is 4.16. The Bertz CT molecular complexity index is 959. The number of ether oxygens (including phenoxy) is 1. The highest BCUT2D eigenvalue weighted by molar-refractivity contribution is 7.89. The van der Waals surface area contributed by atoms with Crippen LogP contribution in [0.15, 0.2) is 47.4 Å². The first kappa shape index (κ1) is 19.2. The van der Waals surface area contributed by atoms with E-state index in [0.717, 1.165) is 12.1 Å². The van der Waals surface area contributed by atoms with E-state index >= 15 is 0 Å². The highest BCUT2D eigenvalue weighted by Crippen LogP contribution is 2.34. The average Bonchev–Trinajstić information content (AvgIpc) is 2.62. The van der Waals surface area contributed by atoms with Crippen molar-refractivity contribution in [3.63, 3.8) is 0 Å². The fourth-order valence-electron chi connectivity index (χ4n) is 2.72. The Kier molecular flexibility index (Phi) is 5.40. The van der Waals surface area contributed by atoms with E-state index in [1.54, 1.807) is 0 Å². The van der Waals surface area contributed by atoms with Gasteiger partial charge in [-0.25, -0.2) is 12.8 Å². The Labute approximate surface area is 156 Å². The van der Waals surface area contributed by atoms with Crippen molar-refractivity contribution in [1.82, 2.24) is 9.21 Å². The monoisotopic (exact) mass is 395 g/mol. The molecule has 0 N–H and O–H groups in total. The topological polar surface area (TPSA) is 93.0 Å². The third kappa shape index (κ3) is 4.24. The van der Waals surface area contributed by atoms with E-state index in [-0.39, 0.29) is 16.4 Å². The maximum atomic E-state index is 13.3. The summed E-state index contributed by atoms with van der Waals surface area (Å²) in [6.45, 7) is 1.80. The molecule has 2 aromatic rings. The van der Waals surface area contributed by atoms with E-state index < -0.39 is 26.5 Å². The lowest BCUT2D eigenvalue weighted by atomic mass is 10.3. The van der Waals surface area contributed by atoms with Gasteiger partial charge in [0, 0.05) is 38.3 Å². The zero-order valence-corrected chi connectivity index (χ0v) is 15.4. The lowest BCUT2D eigenvalue weighted by Crippen LogP contribution is -2.47. The predicted molar refractivity (Wildman–Crippen MR) is 95.8 cm³/mol. The molecule has 0 saturated carbocycles. The van der Waals surface area contributed by atoms with E-state index in [0.29, 0.717) is 26.2 Å². The summed E-state index contributed by atoms with van der Waals surface area (Å²) in [6.07, 6.45) is 0. The highest BCUT2D eigenvalue weighted by atomic mass is 32.2. The van der Waals surface area contributed by atoms with Gasteiger partial charge in [-0.2, -0.15) is 4.31 Å². The molecule has 0 atom stereocenters. The molecule has 1 saturated heterocycles. The molecule has 1 aliphatic heterocycles. The number of piperazine rings is 1. The van der Waals surface area contributed by atoms with Crippen LogP contribution >= 0.6 is 0 Å². The number of likely N-dealkylation sites (N-methyl/N-ethyl adjacent to an activating group) is 1. The number of nitro benzene ring substituents is 1. The minimum atomic E-state index is -3.85. The molecule has 8 nitrogen and oxygen atoms in total. The molecule has 0 unspecified atom stereocenters. The van der Waals surface area contributed by atoms with E-state index in [1.807, 2.05) is 11.9 Å². The molecule has 0 bridgehead atoms. The van der Waals surface area contributed by atoms with Crippen molar-refractivity contribution in [3.8, 4) is 11.5 Å². The molecule has 3 rings (SSSR count). The molecule has 0 amide bonds. The largest absolute Gasteiger partial charge is 0.450 e. The minimum Gasteiger partial charge on any atom is -0.450 e. The van der Waals surface area contributed by atoms with Crippen molar-refractivity contribution in [2.24, 2.45) is 0 Å². The maximum absolute atomic E-state index is 13.3. The first-order chi connectivity index (χ1) is 12.8. The summed E-state index contributed by atoms with van der Waals surface area (Å²) >= 11 is 0. The first-order valence-electron chi connectivity index (χ1n) is 8.18. The average molecular weight is 395 g/mol. The summed E-state index contributed by atoms with van der Waals surface area (Å²) in [6, 6.07) is 8.60. The zero-order chi connectivity index (χ0) is 19.6. The van der Waals surface area contributed by atoms with E-state index in [2.05, 4.69) is 0 Å². The van der Waals surface area contributed by atoms with Crippen molar-refractivity contribution >= 4 is 15.7 Å². The molecule has 0 spiro atoms. The van der Waals surface area contributed by atoms with Crippen molar-refractivity contribution in [3.05, 3.63) is 58.4 Å². The summed E-state index contributed by atoms with van der Waals surface area (Å²) in [4.78, 5) is 12.5. The maximum Gasteiger partial charge on any atom is 0.312 e. The van der Waals surface area contributed by atoms with Crippen LogP contribution in [0, 0.1) is 15.9 Å². The second kappa shape index (κ2) is 7.59. The van der Waals surface area contributed by atoms with Gasteiger partial charge in [0.1, 0.15) is 11.6 Å². The Morgan fingerprint density at radius 2 is 1.81 bits per heavy atom. The van der Waals surface area contributed by atoms with Gasteiger partial charge in [-0.1, -0.05) is 6.07 Å². The summed E-state index contributed by atoms with van der Waals surface area (Å²) in [5, 5.41) is 11.4. The lowest BCUT2D eigenvalue weighted by molar-refractivity contribution is -0.385. The Balaban J connectivity index is 1.92. The quantitative estimate of drug-likeness (QED) is 0.570. The van der Waals surface area contributed by atoms with E-state index in [4.69, 9.17) is 4.74 Å². The van der Waals surface area contributed by atoms with Crippen LogP contribution in [0.3, 0.4) is 0 Å². The van der Waals surface area contributed by atoms with Gasteiger partial charge in [0.2, 0.25) is 15.8 Å². The van der Waals surface area contributed by atoms with Gasteiger partial charge in [-0.05, 0) is 31.3 Å². The molecule has 27 heavy (non-hydrogen) atoms. The Morgan fingerprint density at radius 1 is 1.11 bits per heavy atom. The molecule has 0 radical (unpaired) electrons. The zero-order valence-electron chi connectivity index (χ0n) is 14.5. The summed E-state index contributed by atoms with van der Waals surface area (Å²) in [5.74, 6) is -0.639. The summed E-state index contributed by atoms with van der Waals surface area (Å²) < 4.78 is 45.5. The molecule has 2 aromatic carbocycles. The van der Waals surface area contributed by atoms with Gasteiger partial charge in [0.05, 0.1) is 9.82 Å². The molecule has 1 aliphatic rings. The minimum absolute atomic E-state index is 0.0766. The van der Waals surface area contributed by atoms with Gasteiger partial charge < -0.3 is 9.64 Å². The van der Waals surface area contributed by atoms with Crippen molar-refractivity contribution in [1.29, 1.82) is 0 Å². The number of sulfonamides is 1. The molecule has 0 aliphatic carbocycles. The van der Waals surface area contributed by atoms with Gasteiger partial charge in [-0.15, -0.1) is 0 Å². The number of nitro groups is 1. The summed E-state index contributed by atoms with van der Waals surface area (Å²) in [5.41, 5.74) is -0.505. The molecule has 0 aromatic heterocycles. The van der Waals surface area contributed by atoms with Gasteiger partial charge in [0.25, 0.3) is 0 Å². The van der Waals surface area contributed by atoms with Crippen LogP contribution in [-0.4, -0.2) is 55.8 Å². The standard InChI is InChI=1S/C17H18FN3O5S/c1-19-7-9-20(10-8-19)27(24,25)15-5-6-17(16(12-15)21(22)23)26-14-4-2-3-13(18)11-14/h2-6,11-12H,7-10H2,1H3. The molecule has 10 heteroatoms. The number of hydrogen-bond donors (Lipinski definition) is 0. The van der Waals surface area contributed by atoms with Gasteiger partial charge in [-0.3, -0.25) is 10.1 Å². The van der Waals surface area contributed by atoms with E-state index in [9.17, 15) is 22.9 Å². The van der Waals surface area contributed by atoms with Crippen LogP contribution < -0.4 is 4.74 Å². The van der Waals surface area contributed by atoms with Crippen molar-refractivity contribution < 1.29 is 22.5 Å². The molecule has 1 fully saturated rings. The van der Waals surface area contributed by atoms with Crippen LogP contribution in [0.5, 0.6) is 11.5 Å². The second-order valence-corrected chi connectivity index (χ2v) is 8.09. The molecule has 1 heterocycles. The number of benzene rings is 2. The SMILES string of the molecule is CN1CCN(S(=O)(=O)c2ccc(Oc3cccc(F)c3)c([N+](=O)[O-])c2)CC1. The number of nitrogens with zero attached hydrogens (tertiary/aromatic N) is 3. The lowest BCUT2D eigenvalue weighted by Gasteiger charge is -2.31. The fraction of sp³-hybridized carbons (Fsp3) is 0.294. The Morgan fingerprint density at radius 3 is 2.44 bits per heavy atom. The highest BCUT2D eigenvalue weighted by Gasteiger charge is 2.30. The number of hydrogen-bond acceptors (Lipinski definition) is 6. The van der Waals surface area contributed by atoms with Gasteiger partial charge in [0.15, 0.2) is 0 Å². The number of rotatable bonds is 5. The first-order valence-corrected chi connectivity index (χ1v) is 9.62. The smallest absolute Gasteiger partial charge is 0.312 e. The third-order valence-electron chi connectivity index (χ3n) is 4.25. The van der Waals surface area contributed by atoms with Crippen LogP contribution in [-0.2, 0) is 10.0 Å². The van der Waals surface area contributed by atoms with Crippen LogP contribution in [0.1, 0.15) is 0 Å². The molecule has 144 valence electrons. The van der Waals surface area contributed by atoms with Crippen molar-refractivity contribution in [2.45, 2.75) is 4.90 Å². The summed E-state index contributed by atoms with van der Waals surface area (Å²) in [7, 11) is -1.95. The van der Waals surface area contributed by atoms with Crippen molar-refractivity contribution in [2.75, 3.05) is 33.2 Å². The van der Waals surface area contributed by atoms with Gasteiger partial charge >= 0.3 is 5.69 Å².